The van der Waals surface area contributed by atoms with E-state index >= 15 is 0 Å². The Hall–Kier alpha value is -2.21. The van der Waals surface area contributed by atoms with Crippen LogP contribution in [0.25, 0.3) is 11.1 Å². The lowest BCUT2D eigenvalue weighted by Gasteiger charge is -2.15. The van der Waals surface area contributed by atoms with Crippen molar-refractivity contribution in [2.45, 2.75) is 6.61 Å². The first-order valence-corrected chi connectivity index (χ1v) is 5.66. The van der Waals surface area contributed by atoms with Crippen molar-refractivity contribution in [1.29, 1.82) is 0 Å². The van der Waals surface area contributed by atoms with Crippen LogP contribution in [0.3, 0.4) is 0 Å². The summed E-state index contributed by atoms with van der Waals surface area (Å²) in [6, 6.07) is 3.68. The van der Waals surface area contributed by atoms with Crippen LogP contribution in [-0.4, -0.2) is 26.5 Å². The third kappa shape index (κ3) is 2.34. The molecule has 6 nitrogen and oxygen atoms in total. The molecular formula is C13H16N2O4. The maximum atomic E-state index is 5.76. The van der Waals surface area contributed by atoms with E-state index in [0.717, 1.165) is 11.1 Å². The van der Waals surface area contributed by atoms with Crippen LogP contribution in [0.2, 0.25) is 0 Å². The molecule has 6 heteroatoms. The normalized spacial score (nSPS) is 10.5. The van der Waals surface area contributed by atoms with Gasteiger partial charge in [0.2, 0.25) is 5.88 Å². The number of hydrogen-bond acceptors (Lipinski definition) is 6. The number of ether oxygens (including phenoxy) is 3. The van der Waals surface area contributed by atoms with E-state index in [-0.39, 0.29) is 5.88 Å². The average molecular weight is 264 g/mol. The second-order valence-electron chi connectivity index (χ2n) is 3.86. The summed E-state index contributed by atoms with van der Waals surface area (Å²) in [5.41, 5.74) is 8.14. The van der Waals surface area contributed by atoms with Gasteiger partial charge in [-0.2, -0.15) is 0 Å². The van der Waals surface area contributed by atoms with Crippen LogP contribution >= 0.6 is 0 Å². The Kier molecular flexibility index (Phi) is 3.91. The summed E-state index contributed by atoms with van der Waals surface area (Å²) in [5, 5.41) is 3.68. The molecule has 0 radical (unpaired) electrons. The van der Waals surface area contributed by atoms with E-state index in [1.165, 1.54) is 0 Å². The maximum Gasteiger partial charge on any atom is 0.229 e. The molecule has 0 saturated carbocycles. The van der Waals surface area contributed by atoms with Gasteiger partial charge in [-0.3, -0.25) is 0 Å². The first kappa shape index (κ1) is 13.2. The van der Waals surface area contributed by atoms with Gasteiger partial charge in [-0.15, -0.1) is 0 Å². The summed E-state index contributed by atoms with van der Waals surface area (Å²) in [5.74, 6) is 1.50. The van der Waals surface area contributed by atoms with Gasteiger partial charge in [0.25, 0.3) is 0 Å². The predicted molar refractivity (Wildman–Crippen MR) is 70.2 cm³/mol. The number of aromatic nitrogens is 1. The number of nitrogens with two attached hydrogens (primary N) is 1. The van der Waals surface area contributed by atoms with Gasteiger partial charge in [-0.1, -0.05) is 5.16 Å². The fourth-order valence-corrected chi connectivity index (χ4v) is 1.98. The Morgan fingerprint density at radius 3 is 2.47 bits per heavy atom. The lowest BCUT2D eigenvalue weighted by Crippen LogP contribution is -2.00. The highest BCUT2D eigenvalue weighted by molar-refractivity contribution is 5.77. The summed E-state index contributed by atoms with van der Waals surface area (Å²) in [4.78, 5) is 0. The van der Waals surface area contributed by atoms with Gasteiger partial charge in [0.05, 0.1) is 32.6 Å². The molecule has 0 aliphatic heterocycles. The molecule has 0 atom stereocenters. The van der Waals surface area contributed by atoms with E-state index < -0.39 is 0 Å². The Bertz CT molecular complexity index is 566. The Balaban J connectivity index is 2.64. The minimum absolute atomic E-state index is 0.254. The molecule has 2 rings (SSSR count). The average Bonchev–Trinajstić information content (AvgIpc) is 2.84. The summed E-state index contributed by atoms with van der Waals surface area (Å²) >= 11 is 0. The summed E-state index contributed by atoms with van der Waals surface area (Å²) in [7, 11) is 4.78. The molecule has 0 amide bonds. The topological polar surface area (TPSA) is 79.7 Å². The van der Waals surface area contributed by atoms with Gasteiger partial charge in [0, 0.05) is 12.7 Å². The van der Waals surface area contributed by atoms with Gasteiger partial charge < -0.3 is 24.5 Å². The molecule has 19 heavy (non-hydrogen) atoms. The predicted octanol–water partition coefficient (Wildman–Crippen LogP) is 2.09. The lowest BCUT2D eigenvalue weighted by molar-refractivity contribution is 0.181. The van der Waals surface area contributed by atoms with Crippen LogP contribution in [0.4, 0.5) is 5.88 Å². The van der Waals surface area contributed by atoms with Crippen molar-refractivity contribution in [3.8, 4) is 22.6 Å². The third-order valence-electron chi connectivity index (χ3n) is 2.83. The van der Waals surface area contributed by atoms with Crippen molar-refractivity contribution >= 4 is 5.88 Å². The van der Waals surface area contributed by atoms with Crippen molar-refractivity contribution in [2.24, 2.45) is 0 Å². The quantitative estimate of drug-likeness (QED) is 0.890. The Labute approximate surface area is 111 Å². The number of hydrogen-bond donors (Lipinski definition) is 1. The minimum atomic E-state index is 0.254. The fraction of sp³-hybridized carbons (Fsp3) is 0.308. The molecular weight excluding hydrogens is 248 g/mol. The van der Waals surface area contributed by atoms with Gasteiger partial charge >= 0.3 is 0 Å². The zero-order chi connectivity index (χ0) is 13.8. The van der Waals surface area contributed by atoms with E-state index in [1.807, 2.05) is 6.07 Å². The summed E-state index contributed by atoms with van der Waals surface area (Å²) in [6.07, 6.45) is 1.57. The highest BCUT2D eigenvalue weighted by Crippen LogP contribution is 2.40. The second-order valence-corrected chi connectivity index (χ2v) is 3.86. The zero-order valence-corrected chi connectivity index (χ0v) is 11.1. The van der Waals surface area contributed by atoms with Crippen LogP contribution in [0.15, 0.2) is 22.9 Å². The fourth-order valence-electron chi connectivity index (χ4n) is 1.98. The largest absolute Gasteiger partial charge is 0.493 e. The van der Waals surface area contributed by atoms with E-state index in [0.29, 0.717) is 23.7 Å². The van der Waals surface area contributed by atoms with Crippen LogP contribution in [0, 0.1) is 0 Å². The highest BCUT2D eigenvalue weighted by Gasteiger charge is 2.19. The van der Waals surface area contributed by atoms with Crippen LogP contribution in [0.5, 0.6) is 11.5 Å². The molecule has 0 aliphatic carbocycles. The number of benzene rings is 1. The van der Waals surface area contributed by atoms with Gasteiger partial charge in [0.15, 0.2) is 11.5 Å². The molecule has 0 saturated heterocycles. The smallest absolute Gasteiger partial charge is 0.229 e. The molecule has 0 fully saturated rings. The Morgan fingerprint density at radius 1 is 1.16 bits per heavy atom. The van der Waals surface area contributed by atoms with Crippen LogP contribution in [-0.2, 0) is 11.3 Å². The van der Waals surface area contributed by atoms with Crippen molar-refractivity contribution in [3.63, 3.8) is 0 Å². The number of nitrogen functional groups attached to an aromatic ring is 1. The summed E-state index contributed by atoms with van der Waals surface area (Å²) in [6.45, 7) is 0.361. The lowest BCUT2D eigenvalue weighted by atomic mass is 10.0. The second kappa shape index (κ2) is 5.62. The molecule has 0 aliphatic rings. The van der Waals surface area contributed by atoms with E-state index in [2.05, 4.69) is 5.16 Å². The van der Waals surface area contributed by atoms with Crippen LogP contribution < -0.4 is 15.2 Å². The van der Waals surface area contributed by atoms with Gasteiger partial charge in [0.1, 0.15) is 0 Å². The maximum absolute atomic E-state index is 5.76. The van der Waals surface area contributed by atoms with Crippen LogP contribution in [0.1, 0.15) is 5.56 Å². The van der Waals surface area contributed by atoms with Crippen molar-refractivity contribution in [2.75, 3.05) is 27.1 Å². The molecule has 0 spiro atoms. The third-order valence-corrected chi connectivity index (χ3v) is 2.83. The number of rotatable bonds is 5. The standard InChI is InChI=1S/C13H16N2O4/c1-16-7-10-8(9-6-15-19-13(9)14)4-5-11(17-2)12(10)18-3/h4-6H,7,14H2,1-3H3. The highest BCUT2D eigenvalue weighted by atomic mass is 16.5. The molecule has 0 bridgehead atoms. The monoisotopic (exact) mass is 264 g/mol. The number of nitrogens with zero attached hydrogens (tertiary/aromatic N) is 1. The SMILES string of the molecule is COCc1c(-c2cnoc2N)ccc(OC)c1OC. The van der Waals surface area contributed by atoms with Crippen molar-refractivity contribution in [1.82, 2.24) is 5.16 Å². The van der Waals surface area contributed by atoms with E-state index in [4.69, 9.17) is 24.5 Å². The zero-order valence-electron chi connectivity index (χ0n) is 11.1. The van der Waals surface area contributed by atoms with Crippen molar-refractivity contribution < 1.29 is 18.7 Å². The van der Waals surface area contributed by atoms with E-state index in [1.54, 1.807) is 33.6 Å². The molecule has 1 aromatic carbocycles. The van der Waals surface area contributed by atoms with E-state index in [9.17, 15) is 0 Å². The Morgan fingerprint density at radius 2 is 1.95 bits per heavy atom. The number of methoxy groups -OCH3 is 3. The molecule has 1 heterocycles. The van der Waals surface area contributed by atoms with Gasteiger partial charge in [-0.05, 0) is 17.7 Å². The molecule has 2 aromatic rings. The molecule has 2 N–H and O–H groups in total. The number of anilines is 1. The first-order chi connectivity index (χ1) is 9.22. The minimum Gasteiger partial charge on any atom is -0.493 e. The molecule has 0 unspecified atom stereocenters. The first-order valence-electron chi connectivity index (χ1n) is 5.66. The molecule has 1 aromatic heterocycles. The summed E-state index contributed by atoms with van der Waals surface area (Å²) < 4.78 is 20.8. The van der Waals surface area contributed by atoms with Gasteiger partial charge in [-0.25, -0.2) is 0 Å². The van der Waals surface area contributed by atoms with Crippen molar-refractivity contribution in [3.05, 3.63) is 23.9 Å². The molecule has 102 valence electrons.